The van der Waals surface area contributed by atoms with Crippen LogP contribution in [0.2, 0.25) is 0 Å². The fraction of sp³-hybridized carbons (Fsp3) is 0.333. The second-order valence-corrected chi connectivity index (χ2v) is 2.39. The van der Waals surface area contributed by atoms with Crippen LogP contribution in [0.15, 0.2) is 24.3 Å². The predicted molar refractivity (Wildman–Crippen MR) is 41.0 cm³/mol. The average Bonchev–Trinajstić information content (AvgIpc) is 1.88. The average molecular weight is 142 g/mol. The minimum atomic E-state index is 0. The van der Waals surface area contributed by atoms with E-state index in [1.807, 2.05) is 38.1 Å². The molecule has 1 rings (SSSR count). The molecule has 1 aromatic carbocycles. The molecule has 0 atom stereocenters. The third-order valence-corrected chi connectivity index (χ3v) is 1.04. The van der Waals surface area contributed by atoms with E-state index in [1.54, 1.807) is 0 Å². The first-order chi connectivity index (χ1) is 4.79. The van der Waals surface area contributed by atoms with Gasteiger partial charge in [0.05, 0.1) is 6.10 Å². The van der Waals surface area contributed by atoms with E-state index in [4.69, 9.17) is 4.74 Å². The van der Waals surface area contributed by atoms with Crippen molar-refractivity contribution in [2.24, 2.45) is 0 Å². The Hall–Kier alpha value is -0.383. The van der Waals surface area contributed by atoms with Gasteiger partial charge in [-0.3, -0.25) is 0 Å². The van der Waals surface area contributed by atoms with Crippen LogP contribution < -0.4 is 23.6 Å². The van der Waals surface area contributed by atoms with Gasteiger partial charge in [-0.25, -0.2) is 0 Å². The van der Waals surface area contributed by atoms with E-state index in [0.29, 0.717) is 0 Å². The molecule has 11 heavy (non-hydrogen) atoms. The number of hydrogen-bond donors (Lipinski definition) is 0. The van der Waals surface area contributed by atoms with E-state index in [0.717, 1.165) is 5.75 Å². The van der Waals surface area contributed by atoms with Crippen LogP contribution in [0.25, 0.3) is 0 Å². The van der Waals surface area contributed by atoms with E-state index >= 15 is 0 Å². The molecule has 0 saturated heterocycles. The Labute approximate surface area is 79.9 Å². The van der Waals surface area contributed by atoms with E-state index in [9.17, 15) is 0 Å². The summed E-state index contributed by atoms with van der Waals surface area (Å²) in [5, 5.41) is 0. The standard InChI is InChI=1S/C9H11O.Li/c1-8(2)10-9-6-4-3-5-7-9;/h3-6,8H,1-2H3;/q-1;+1. The van der Waals surface area contributed by atoms with Gasteiger partial charge in [0.1, 0.15) is 0 Å². The van der Waals surface area contributed by atoms with Gasteiger partial charge in [0, 0.05) is 5.75 Å². The maximum Gasteiger partial charge on any atom is 1.00 e. The molecule has 0 heterocycles. The van der Waals surface area contributed by atoms with Crippen molar-refractivity contribution in [1.82, 2.24) is 0 Å². The van der Waals surface area contributed by atoms with Crippen LogP contribution in [-0.2, 0) is 0 Å². The van der Waals surface area contributed by atoms with Crippen LogP contribution in [0.3, 0.4) is 0 Å². The van der Waals surface area contributed by atoms with Crippen LogP contribution in [0.5, 0.6) is 5.75 Å². The van der Waals surface area contributed by atoms with Gasteiger partial charge in [-0.1, -0.05) is 0 Å². The Morgan fingerprint density at radius 2 is 2.09 bits per heavy atom. The molecule has 2 heteroatoms. The summed E-state index contributed by atoms with van der Waals surface area (Å²) in [6.45, 7) is 4.00. The Balaban J connectivity index is 0.000001000. The van der Waals surface area contributed by atoms with Crippen molar-refractivity contribution in [3.05, 3.63) is 30.3 Å². The van der Waals surface area contributed by atoms with Gasteiger partial charge in [0.15, 0.2) is 0 Å². The van der Waals surface area contributed by atoms with Gasteiger partial charge in [-0.05, 0) is 13.8 Å². The van der Waals surface area contributed by atoms with E-state index in [-0.39, 0.29) is 25.0 Å². The van der Waals surface area contributed by atoms with Crippen molar-refractivity contribution in [2.75, 3.05) is 0 Å². The molecule has 0 aliphatic rings. The van der Waals surface area contributed by atoms with Gasteiger partial charge < -0.3 is 4.74 Å². The summed E-state index contributed by atoms with van der Waals surface area (Å²) in [7, 11) is 0. The molecular formula is C9H11LiO. The van der Waals surface area contributed by atoms with E-state index in [2.05, 4.69) is 6.07 Å². The third kappa shape index (κ3) is 4.13. The quantitative estimate of drug-likeness (QED) is 0.391. The molecule has 0 N–H and O–H groups in total. The molecule has 0 amide bonds. The fourth-order valence-electron chi connectivity index (χ4n) is 0.704. The molecule has 54 valence electrons. The Kier molecular flexibility index (Phi) is 5.11. The van der Waals surface area contributed by atoms with Crippen LogP contribution in [0.4, 0.5) is 0 Å². The first kappa shape index (κ1) is 10.6. The smallest absolute Gasteiger partial charge is 0.517 e. The summed E-state index contributed by atoms with van der Waals surface area (Å²) in [6.07, 6.45) is 0.235. The van der Waals surface area contributed by atoms with E-state index < -0.39 is 0 Å². The van der Waals surface area contributed by atoms with Crippen LogP contribution in [-0.4, -0.2) is 6.10 Å². The second kappa shape index (κ2) is 5.29. The number of para-hydroxylation sites is 1. The van der Waals surface area contributed by atoms with Crippen molar-refractivity contribution >= 4 is 0 Å². The van der Waals surface area contributed by atoms with Crippen LogP contribution in [0.1, 0.15) is 13.8 Å². The number of rotatable bonds is 2. The zero-order chi connectivity index (χ0) is 7.40. The van der Waals surface area contributed by atoms with Crippen molar-refractivity contribution in [3.8, 4) is 5.75 Å². The van der Waals surface area contributed by atoms with Gasteiger partial charge in [0.2, 0.25) is 0 Å². The van der Waals surface area contributed by atoms with Crippen molar-refractivity contribution in [3.63, 3.8) is 0 Å². The summed E-state index contributed by atoms with van der Waals surface area (Å²) in [4.78, 5) is 0. The summed E-state index contributed by atoms with van der Waals surface area (Å²) in [5.41, 5.74) is 0. The molecule has 0 bridgehead atoms. The molecule has 1 aromatic rings. The molecular weight excluding hydrogens is 131 g/mol. The van der Waals surface area contributed by atoms with Gasteiger partial charge in [-0.15, -0.1) is 12.1 Å². The summed E-state index contributed by atoms with van der Waals surface area (Å²) in [5.74, 6) is 0.817. The molecule has 0 fully saturated rings. The SMILES string of the molecule is CC(C)Oc1[c-]cccc1.[Li+]. The van der Waals surface area contributed by atoms with Crippen LogP contribution >= 0.6 is 0 Å². The molecule has 0 spiro atoms. The molecule has 0 aliphatic heterocycles. The zero-order valence-electron chi connectivity index (χ0n) is 7.29. The summed E-state index contributed by atoms with van der Waals surface area (Å²) in [6, 6.07) is 10.6. The maximum atomic E-state index is 5.36. The maximum absolute atomic E-state index is 5.36. The van der Waals surface area contributed by atoms with Crippen molar-refractivity contribution < 1.29 is 23.6 Å². The Morgan fingerprint density at radius 3 is 2.55 bits per heavy atom. The van der Waals surface area contributed by atoms with Gasteiger partial charge >= 0.3 is 18.9 Å². The molecule has 0 aliphatic carbocycles. The van der Waals surface area contributed by atoms with Gasteiger partial charge in [0.25, 0.3) is 0 Å². The van der Waals surface area contributed by atoms with Crippen LogP contribution in [0, 0.1) is 6.07 Å². The van der Waals surface area contributed by atoms with Crippen molar-refractivity contribution in [1.29, 1.82) is 0 Å². The Morgan fingerprint density at radius 1 is 1.36 bits per heavy atom. The number of hydrogen-bond acceptors (Lipinski definition) is 1. The Bertz CT molecular complexity index is 184. The first-order valence-corrected chi connectivity index (χ1v) is 3.42. The predicted octanol–water partition coefficient (Wildman–Crippen LogP) is -0.722. The molecule has 0 saturated carbocycles. The molecule has 0 unspecified atom stereocenters. The van der Waals surface area contributed by atoms with Crippen molar-refractivity contribution in [2.45, 2.75) is 20.0 Å². The minimum absolute atomic E-state index is 0. The second-order valence-electron chi connectivity index (χ2n) is 2.39. The normalized spacial score (nSPS) is 9.00. The number of benzene rings is 1. The first-order valence-electron chi connectivity index (χ1n) is 3.42. The molecule has 1 nitrogen and oxygen atoms in total. The minimum Gasteiger partial charge on any atom is -0.517 e. The fourth-order valence-corrected chi connectivity index (χ4v) is 0.704. The van der Waals surface area contributed by atoms with Gasteiger partial charge in [-0.2, -0.15) is 18.2 Å². The molecule has 0 aromatic heterocycles. The topological polar surface area (TPSA) is 9.23 Å². The monoisotopic (exact) mass is 142 g/mol. The summed E-state index contributed by atoms with van der Waals surface area (Å²) < 4.78 is 5.36. The van der Waals surface area contributed by atoms with E-state index in [1.165, 1.54) is 0 Å². The largest absolute Gasteiger partial charge is 1.00 e. The summed E-state index contributed by atoms with van der Waals surface area (Å²) >= 11 is 0. The molecule has 0 radical (unpaired) electrons. The third-order valence-electron chi connectivity index (χ3n) is 1.04. The number of ether oxygens (including phenoxy) is 1. The zero-order valence-corrected chi connectivity index (χ0v) is 7.29.